The third-order valence-electron chi connectivity index (χ3n) is 6.67. The number of benzene rings is 1. The molecule has 0 saturated heterocycles. The van der Waals surface area contributed by atoms with Gasteiger partial charge in [-0.2, -0.15) is 0 Å². The summed E-state index contributed by atoms with van der Waals surface area (Å²) in [7, 11) is 0. The second-order valence-electron chi connectivity index (χ2n) is 9.13. The zero-order chi connectivity index (χ0) is 22.7. The summed E-state index contributed by atoms with van der Waals surface area (Å²) in [5.41, 5.74) is 7.23. The Hall–Kier alpha value is -1.61. The van der Waals surface area contributed by atoms with E-state index in [0.717, 1.165) is 32.1 Å². The van der Waals surface area contributed by atoms with Crippen LogP contribution in [0.5, 0.6) is 0 Å². The maximum Gasteiger partial charge on any atom is 0.303 e. The standard InChI is InChI=1S/C28H47NO2/c1-3-5-6-7-8-9-11-14-24(4-2)17-19-26(21-22-29)27(23-28(30)31)20-18-25-15-12-10-13-16-25/h9-13,15-16,24,26-27H,3-8,14,17-23,29H2,1-2H3,(H,30,31). The molecule has 0 heterocycles. The van der Waals surface area contributed by atoms with Gasteiger partial charge in [-0.1, -0.05) is 82.0 Å². The lowest BCUT2D eigenvalue weighted by atomic mass is 9.78. The summed E-state index contributed by atoms with van der Waals surface area (Å²) < 4.78 is 0. The zero-order valence-electron chi connectivity index (χ0n) is 20.1. The fraction of sp³-hybridized carbons (Fsp3) is 0.679. The highest BCUT2D eigenvalue weighted by Gasteiger charge is 2.24. The van der Waals surface area contributed by atoms with Crippen molar-refractivity contribution >= 4 is 5.97 Å². The van der Waals surface area contributed by atoms with Gasteiger partial charge in [0.15, 0.2) is 0 Å². The van der Waals surface area contributed by atoms with Gasteiger partial charge < -0.3 is 10.8 Å². The second-order valence-corrected chi connectivity index (χ2v) is 9.13. The normalized spacial score (nSPS) is 14.5. The van der Waals surface area contributed by atoms with Gasteiger partial charge in [-0.15, -0.1) is 0 Å². The van der Waals surface area contributed by atoms with E-state index in [-0.39, 0.29) is 12.3 Å². The number of rotatable bonds is 19. The van der Waals surface area contributed by atoms with E-state index in [1.807, 2.05) is 6.07 Å². The molecule has 3 N–H and O–H groups in total. The number of nitrogens with two attached hydrogens (primary N) is 1. The Morgan fingerprint density at radius 3 is 2.39 bits per heavy atom. The maximum absolute atomic E-state index is 11.6. The number of unbranched alkanes of at least 4 members (excludes halogenated alkanes) is 4. The van der Waals surface area contributed by atoms with Crippen LogP contribution in [-0.4, -0.2) is 17.6 Å². The highest BCUT2D eigenvalue weighted by Crippen LogP contribution is 2.31. The molecular weight excluding hydrogens is 382 g/mol. The molecule has 0 aromatic heterocycles. The molecule has 0 aliphatic rings. The van der Waals surface area contributed by atoms with E-state index in [4.69, 9.17) is 5.73 Å². The van der Waals surface area contributed by atoms with Gasteiger partial charge in [-0.05, 0) is 81.2 Å². The van der Waals surface area contributed by atoms with Crippen molar-refractivity contribution in [3.05, 3.63) is 48.0 Å². The average Bonchev–Trinajstić information content (AvgIpc) is 2.77. The molecule has 3 nitrogen and oxygen atoms in total. The van der Waals surface area contributed by atoms with Crippen molar-refractivity contribution in [2.45, 2.75) is 97.3 Å². The third kappa shape index (κ3) is 13.4. The topological polar surface area (TPSA) is 63.3 Å². The molecule has 31 heavy (non-hydrogen) atoms. The molecule has 176 valence electrons. The minimum atomic E-state index is -0.682. The Morgan fingerprint density at radius 2 is 1.74 bits per heavy atom. The number of aryl methyl sites for hydroxylation is 1. The van der Waals surface area contributed by atoms with Gasteiger partial charge in [0, 0.05) is 6.42 Å². The number of hydrogen-bond donors (Lipinski definition) is 2. The maximum atomic E-state index is 11.6. The highest BCUT2D eigenvalue weighted by atomic mass is 16.4. The van der Waals surface area contributed by atoms with Gasteiger partial charge in [-0.25, -0.2) is 0 Å². The predicted molar refractivity (Wildman–Crippen MR) is 133 cm³/mol. The minimum absolute atomic E-state index is 0.202. The van der Waals surface area contributed by atoms with Crippen molar-refractivity contribution in [2.75, 3.05) is 6.54 Å². The van der Waals surface area contributed by atoms with Crippen molar-refractivity contribution in [3.63, 3.8) is 0 Å². The van der Waals surface area contributed by atoms with Gasteiger partial charge in [0.2, 0.25) is 0 Å². The first kappa shape index (κ1) is 27.4. The molecule has 1 aromatic rings. The summed E-state index contributed by atoms with van der Waals surface area (Å²) >= 11 is 0. The number of carbonyl (C=O) groups is 1. The first-order valence-corrected chi connectivity index (χ1v) is 12.7. The molecule has 3 heteroatoms. The lowest BCUT2D eigenvalue weighted by molar-refractivity contribution is -0.138. The summed E-state index contributed by atoms with van der Waals surface area (Å²) in [5.74, 6) is 0.606. The molecule has 1 aromatic carbocycles. The quantitative estimate of drug-likeness (QED) is 0.178. The van der Waals surface area contributed by atoms with E-state index in [0.29, 0.717) is 18.4 Å². The monoisotopic (exact) mass is 429 g/mol. The smallest absolute Gasteiger partial charge is 0.303 e. The molecule has 0 radical (unpaired) electrons. The first-order valence-electron chi connectivity index (χ1n) is 12.7. The van der Waals surface area contributed by atoms with E-state index in [1.165, 1.54) is 50.5 Å². The molecule has 0 aliphatic heterocycles. The van der Waals surface area contributed by atoms with E-state index >= 15 is 0 Å². The van der Waals surface area contributed by atoms with Crippen molar-refractivity contribution in [2.24, 2.45) is 23.5 Å². The molecule has 0 fully saturated rings. The Bertz CT molecular complexity index is 584. The van der Waals surface area contributed by atoms with Crippen molar-refractivity contribution in [1.82, 2.24) is 0 Å². The van der Waals surface area contributed by atoms with Crippen LogP contribution in [0.15, 0.2) is 42.5 Å². The molecule has 3 unspecified atom stereocenters. The second kappa shape index (κ2) is 18.0. The number of allylic oxidation sites excluding steroid dienone is 2. The Kier molecular flexibility index (Phi) is 15.9. The van der Waals surface area contributed by atoms with Crippen LogP contribution < -0.4 is 5.73 Å². The lowest BCUT2D eigenvalue weighted by Crippen LogP contribution is -2.23. The molecule has 0 bridgehead atoms. The van der Waals surface area contributed by atoms with Gasteiger partial charge in [-0.3, -0.25) is 4.79 Å². The molecule has 3 atom stereocenters. The van der Waals surface area contributed by atoms with Crippen LogP contribution in [-0.2, 0) is 11.2 Å². The summed E-state index contributed by atoms with van der Waals surface area (Å²) in [6, 6.07) is 10.4. The number of carboxylic acid groups (broad SMARTS) is 1. The summed E-state index contributed by atoms with van der Waals surface area (Å²) in [4.78, 5) is 11.6. The van der Waals surface area contributed by atoms with E-state index in [9.17, 15) is 9.90 Å². The van der Waals surface area contributed by atoms with E-state index in [2.05, 4.69) is 50.3 Å². The van der Waals surface area contributed by atoms with Gasteiger partial charge in [0.1, 0.15) is 0 Å². The van der Waals surface area contributed by atoms with Crippen LogP contribution in [0.4, 0.5) is 0 Å². The number of aliphatic carboxylic acids is 1. The largest absolute Gasteiger partial charge is 0.481 e. The fourth-order valence-electron chi connectivity index (χ4n) is 4.59. The molecular formula is C28H47NO2. The fourth-order valence-corrected chi connectivity index (χ4v) is 4.59. The van der Waals surface area contributed by atoms with Crippen molar-refractivity contribution in [1.29, 1.82) is 0 Å². The minimum Gasteiger partial charge on any atom is -0.481 e. The number of hydrogen-bond acceptors (Lipinski definition) is 2. The van der Waals surface area contributed by atoms with Crippen LogP contribution in [0.2, 0.25) is 0 Å². The third-order valence-corrected chi connectivity index (χ3v) is 6.67. The van der Waals surface area contributed by atoms with Crippen LogP contribution in [0.25, 0.3) is 0 Å². The molecule has 0 saturated carbocycles. The highest BCUT2D eigenvalue weighted by molar-refractivity contribution is 5.67. The molecule has 1 rings (SSSR count). The van der Waals surface area contributed by atoms with E-state index < -0.39 is 5.97 Å². The molecule has 0 aliphatic carbocycles. The van der Waals surface area contributed by atoms with E-state index in [1.54, 1.807) is 0 Å². The summed E-state index contributed by atoms with van der Waals surface area (Å²) in [6.45, 7) is 5.17. The Balaban J connectivity index is 2.57. The lowest BCUT2D eigenvalue weighted by Gasteiger charge is -2.27. The van der Waals surface area contributed by atoms with Crippen LogP contribution >= 0.6 is 0 Å². The zero-order valence-corrected chi connectivity index (χ0v) is 20.1. The van der Waals surface area contributed by atoms with Crippen LogP contribution in [0.3, 0.4) is 0 Å². The average molecular weight is 430 g/mol. The summed E-state index contributed by atoms with van der Waals surface area (Å²) in [5, 5.41) is 9.50. The first-order chi connectivity index (χ1) is 15.1. The Morgan fingerprint density at radius 1 is 0.968 bits per heavy atom. The summed E-state index contributed by atoms with van der Waals surface area (Å²) in [6.07, 6.45) is 18.9. The predicted octanol–water partition coefficient (Wildman–Crippen LogP) is 7.40. The van der Waals surface area contributed by atoms with Gasteiger partial charge in [0.25, 0.3) is 0 Å². The van der Waals surface area contributed by atoms with Gasteiger partial charge >= 0.3 is 5.97 Å². The SMILES string of the molecule is CCCCCCC=CCC(CC)CCC(CCN)C(CCc1ccccc1)CC(=O)O. The van der Waals surface area contributed by atoms with Gasteiger partial charge in [0.05, 0.1) is 0 Å². The number of carboxylic acids is 1. The van der Waals surface area contributed by atoms with Crippen LogP contribution in [0.1, 0.15) is 96.5 Å². The van der Waals surface area contributed by atoms with Crippen molar-refractivity contribution < 1.29 is 9.90 Å². The molecule has 0 spiro atoms. The molecule has 0 amide bonds. The Labute approximate surface area is 191 Å². The van der Waals surface area contributed by atoms with Crippen molar-refractivity contribution in [3.8, 4) is 0 Å². The van der Waals surface area contributed by atoms with Crippen LogP contribution in [0, 0.1) is 17.8 Å².